The predicted molar refractivity (Wildman–Crippen MR) is 160 cm³/mol. The van der Waals surface area contributed by atoms with Crippen molar-refractivity contribution >= 4 is 34.0 Å². The number of anilines is 1. The van der Waals surface area contributed by atoms with Gasteiger partial charge in [0.15, 0.2) is 11.2 Å². The molecule has 0 bridgehead atoms. The summed E-state index contributed by atoms with van der Waals surface area (Å²) in [6, 6.07) is 13.6. The minimum absolute atomic E-state index is 0.133. The topological polar surface area (TPSA) is 103 Å². The molecule has 1 saturated heterocycles. The molecule has 5 rings (SSSR count). The van der Waals surface area contributed by atoms with Gasteiger partial charge in [0.25, 0.3) is 5.56 Å². The number of rotatable bonds is 5. The number of carbonyl (C=O) groups is 1. The number of hydrogen-bond acceptors (Lipinski definition) is 6. The predicted octanol–water partition coefficient (Wildman–Crippen LogP) is 3.62. The zero-order valence-electron chi connectivity index (χ0n) is 24.2. The van der Waals surface area contributed by atoms with Gasteiger partial charge in [0.1, 0.15) is 5.60 Å². The van der Waals surface area contributed by atoms with Crippen LogP contribution < -0.4 is 21.5 Å². The van der Waals surface area contributed by atoms with Gasteiger partial charge in [-0.1, -0.05) is 48.4 Å². The number of aromatic nitrogens is 4. The van der Waals surface area contributed by atoms with Crippen molar-refractivity contribution in [2.75, 3.05) is 18.0 Å². The number of aryl methyl sites for hydroxylation is 1. The van der Waals surface area contributed by atoms with E-state index in [2.05, 4.69) is 17.2 Å². The van der Waals surface area contributed by atoms with E-state index in [1.54, 1.807) is 18.5 Å². The molecular formula is C31H36N6O4. The van der Waals surface area contributed by atoms with Gasteiger partial charge in [-0.05, 0) is 56.9 Å². The average molecular weight is 557 g/mol. The molecule has 1 unspecified atom stereocenters. The standard InChI is InChI=1S/C31H36N6O4/c1-6-7-18-36-25-26(33-28(36)35-17-11-15-23(20-35)32-29(39)41-31(2,3)4)34(5)30(40)37(27(25)38)19-22-14-10-13-21-12-8-9-16-24(21)22/h8-10,12-14,16,23H,11,15,17-20H2,1-5H3,(H,32,39). The lowest BCUT2D eigenvalue weighted by Crippen LogP contribution is -2.49. The maximum atomic E-state index is 14.0. The van der Waals surface area contributed by atoms with Crippen molar-refractivity contribution in [2.45, 2.75) is 65.3 Å². The molecule has 1 atom stereocenters. The summed E-state index contributed by atoms with van der Waals surface area (Å²) in [6.45, 7) is 8.78. The fraction of sp³-hybridized carbons (Fsp3) is 0.419. The van der Waals surface area contributed by atoms with Crippen LogP contribution in [-0.2, 0) is 24.9 Å². The van der Waals surface area contributed by atoms with Crippen LogP contribution in [0, 0.1) is 11.8 Å². The summed E-state index contributed by atoms with van der Waals surface area (Å²) >= 11 is 0. The van der Waals surface area contributed by atoms with Gasteiger partial charge in [-0.15, -0.1) is 5.92 Å². The minimum atomic E-state index is -0.595. The molecule has 214 valence electrons. The number of hydrogen-bond donors (Lipinski definition) is 1. The highest BCUT2D eigenvalue weighted by Gasteiger charge is 2.29. The van der Waals surface area contributed by atoms with Gasteiger partial charge >= 0.3 is 11.8 Å². The molecule has 0 saturated carbocycles. The van der Waals surface area contributed by atoms with Gasteiger partial charge in [-0.3, -0.25) is 18.5 Å². The zero-order valence-corrected chi connectivity index (χ0v) is 24.2. The summed E-state index contributed by atoms with van der Waals surface area (Å²) in [5.74, 6) is 6.53. The molecule has 1 fully saturated rings. The number of ether oxygens (including phenoxy) is 1. The number of piperidine rings is 1. The van der Waals surface area contributed by atoms with Crippen LogP contribution in [0.1, 0.15) is 46.1 Å². The quantitative estimate of drug-likeness (QED) is 0.377. The monoisotopic (exact) mass is 556 g/mol. The third-order valence-electron chi connectivity index (χ3n) is 7.26. The second-order valence-corrected chi connectivity index (χ2v) is 11.4. The maximum Gasteiger partial charge on any atom is 0.407 e. The van der Waals surface area contributed by atoms with Crippen LogP contribution in [0.25, 0.3) is 21.9 Å². The highest BCUT2D eigenvalue weighted by molar-refractivity contribution is 5.85. The Balaban J connectivity index is 1.56. The number of nitrogens with one attached hydrogen (secondary N) is 1. The van der Waals surface area contributed by atoms with Gasteiger partial charge in [-0.2, -0.15) is 4.98 Å². The van der Waals surface area contributed by atoms with Crippen LogP contribution in [0.3, 0.4) is 0 Å². The largest absolute Gasteiger partial charge is 0.444 e. The van der Waals surface area contributed by atoms with Crippen LogP contribution in [0.5, 0.6) is 0 Å². The molecule has 2 aromatic heterocycles. The molecule has 2 aromatic carbocycles. The highest BCUT2D eigenvalue weighted by Crippen LogP contribution is 2.24. The Hall–Kier alpha value is -4.52. The molecule has 1 aliphatic rings. The zero-order chi connectivity index (χ0) is 29.3. The summed E-state index contributed by atoms with van der Waals surface area (Å²) in [5.41, 5.74) is 0.0801. The van der Waals surface area contributed by atoms with E-state index in [1.807, 2.05) is 68.1 Å². The number of amides is 1. The fourth-order valence-corrected chi connectivity index (χ4v) is 5.40. The number of alkyl carbamates (subject to hydrolysis) is 1. The molecule has 1 N–H and O–H groups in total. The third kappa shape index (κ3) is 5.71. The van der Waals surface area contributed by atoms with Crippen LogP contribution in [0.4, 0.5) is 10.7 Å². The van der Waals surface area contributed by atoms with Gasteiger partial charge in [0, 0.05) is 26.2 Å². The lowest BCUT2D eigenvalue weighted by molar-refractivity contribution is 0.0499. The van der Waals surface area contributed by atoms with E-state index in [1.165, 1.54) is 9.13 Å². The molecule has 1 amide bonds. The van der Waals surface area contributed by atoms with E-state index < -0.39 is 22.9 Å². The minimum Gasteiger partial charge on any atom is -0.444 e. The van der Waals surface area contributed by atoms with E-state index in [0.717, 1.165) is 29.2 Å². The van der Waals surface area contributed by atoms with Gasteiger partial charge in [0.2, 0.25) is 5.95 Å². The maximum absolute atomic E-state index is 14.0. The molecule has 10 heteroatoms. The number of fused-ring (bicyclic) bond motifs is 2. The van der Waals surface area contributed by atoms with Crippen LogP contribution in [0.2, 0.25) is 0 Å². The summed E-state index contributed by atoms with van der Waals surface area (Å²) < 4.78 is 9.95. The normalized spacial score (nSPS) is 15.5. The van der Waals surface area contributed by atoms with Crippen molar-refractivity contribution in [1.82, 2.24) is 24.0 Å². The summed E-state index contributed by atoms with van der Waals surface area (Å²) in [5, 5.41) is 5.00. The van der Waals surface area contributed by atoms with E-state index in [0.29, 0.717) is 30.2 Å². The first-order valence-corrected chi connectivity index (χ1v) is 13.9. The summed E-state index contributed by atoms with van der Waals surface area (Å²) in [4.78, 5) is 46.8. The van der Waals surface area contributed by atoms with Crippen molar-refractivity contribution in [3.05, 3.63) is 68.9 Å². The Labute approximate surface area is 238 Å². The smallest absolute Gasteiger partial charge is 0.407 e. The van der Waals surface area contributed by atoms with E-state index in [-0.39, 0.29) is 19.1 Å². The van der Waals surface area contributed by atoms with Gasteiger partial charge < -0.3 is 15.0 Å². The SMILES string of the molecule is CC#CCn1c(N2CCCC(NC(=O)OC(C)(C)C)C2)nc2c1c(=O)n(Cc1cccc3ccccc13)c(=O)n2C. The second-order valence-electron chi connectivity index (χ2n) is 11.4. The first-order chi connectivity index (χ1) is 19.6. The Morgan fingerprint density at radius 1 is 1.12 bits per heavy atom. The molecule has 0 spiro atoms. The molecular weight excluding hydrogens is 520 g/mol. The number of benzene rings is 2. The molecule has 0 aliphatic carbocycles. The summed E-state index contributed by atoms with van der Waals surface area (Å²) in [6.07, 6.45) is 1.14. The molecule has 0 radical (unpaired) electrons. The summed E-state index contributed by atoms with van der Waals surface area (Å²) in [7, 11) is 1.64. The highest BCUT2D eigenvalue weighted by atomic mass is 16.6. The second kappa shape index (κ2) is 11.2. The van der Waals surface area contributed by atoms with E-state index in [4.69, 9.17) is 9.72 Å². The molecule has 10 nitrogen and oxygen atoms in total. The first kappa shape index (κ1) is 28.0. The fourth-order valence-electron chi connectivity index (χ4n) is 5.40. The van der Waals surface area contributed by atoms with Crippen LogP contribution >= 0.6 is 0 Å². The van der Waals surface area contributed by atoms with Crippen LogP contribution in [0.15, 0.2) is 52.1 Å². The Morgan fingerprint density at radius 3 is 2.63 bits per heavy atom. The Kier molecular flexibility index (Phi) is 7.63. The average Bonchev–Trinajstić information content (AvgIpc) is 3.32. The van der Waals surface area contributed by atoms with E-state index >= 15 is 0 Å². The van der Waals surface area contributed by atoms with Crippen molar-refractivity contribution in [2.24, 2.45) is 7.05 Å². The number of imidazole rings is 1. The van der Waals surface area contributed by atoms with Crippen molar-refractivity contribution in [3.8, 4) is 11.8 Å². The van der Waals surface area contributed by atoms with Gasteiger partial charge in [0.05, 0.1) is 13.1 Å². The Morgan fingerprint density at radius 2 is 1.88 bits per heavy atom. The molecule has 1 aliphatic heterocycles. The van der Waals surface area contributed by atoms with Crippen molar-refractivity contribution in [1.29, 1.82) is 0 Å². The first-order valence-electron chi connectivity index (χ1n) is 13.9. The van der Waals surface area contributed by atoms with E-state index in [9.17, 15) is 14.4 Å². The van der Waals surface area contributed by atoms with Crippen molar-refractivity contribution < 1.29 is 9.53 Å². The molecule has 41 heavy (non-hydrogen) atoms. The molecule has 3 heterocycles. The molecule has 4 aromatic rings. The van der Waals surface area contributed by atoms with Crippen LogP contribution in [-0.4, -0.2) is 49.5 Å². The lowest BCUT2D eigenvalue weighted by atomic mass is 10.0. The Bertz CT molecular complexity index is 1790. The van der Waals surface area contributed by atoms with Gasteiger partial charge in [-0.25, -0.2) is 9.59 Å². The lowest BCUT2D eigenvalue weighted by Gasteiger charge is -2.34. The third-order valence-corrected chi connectivity index (χ3v) is 7.26. The van der Waals surface area contributed by atoms with Crippen molar-refractivity contribution in [3.63, 3.8) is 0 Å². The number of carbonyl (C=O) groups excluding carboxylic acids is 1. The number of nitrogens with zero attached hydrogens (tertiary/aromatic N) is 5.